The van der Waals surface area contributed by atoms with Gasteiger partial charge in [0.15, 0.2) is 11.5 Å². The molecule has 1 heterocycles. The predicted octanol–water partition coefficient (Wildman–Crippen LogP) is 2.89. The van der Waals surface area contributed by atoms with E-state index in [0.717, 1.165) is 0 Å². The number of aromatic nitrogens is 1. The van der Waals surface area contributed by atoms with Crippen LogP contribution < -0.4 is 0 Å². The molecule has 0 fully saturated rings. The molecule has 0 atom stereocenters. The van der Waals surface area contributed by atoms with E-state index >= 15 is 0 Å². The standard InChI is InChI=1S/C11H10ClNO3/c12-7-4-5-9-8(6-7)13-10(16-9)2-1-3-11(14)15/h4-6H,1-3H2,(H,14,15). The maximum absolute atomic E-state index is 10.3. The molecule has 1 N–H and O–H groups in total. The summed E-state index contributed by atoms with van der Waals surface area (Å²) in [4.78, 5) is 14.6. The Hall–Kier alpha value is -1.55. The molecule has 16 heavy (non-hydrogen) atoms. The minimum absolute atomic E-state index is 0.124. The number of nitrogens with zero attached hydrogens (tertiary/aromatic N) is 1. The van der Waals surface area contributed by atoms with Crippen molar-refractivity contribution in [2.45, 2.75) is 19.3 Å². The minimum Gasteiger partial charge on any atom is -0.481 e. The lowest BCUT2D eigenvalue weighted by atomic mass is 10.2. The SMILES string of the molecule is O=C(O)CCCc1nc2cc(Cl)ccc2o1. The Balaban J connectivity index is 2.10. The summed E-state index contributed by atoms with van der Waals surface area (Å²) in [6, 6.07) is 5.21. The summed E-state index contributed by atoms with van der Waals surface area (Å²) >= 11 is 5.81. The lowest BCUT2D eigenvalue weighted by Gasteiger charge is -1.91. The molecular weight excluding hydrogens is 230 g/mol. The molecular formula is C11H10ClNO3. The van der Waals surface area contributed by atoms with E-state index in [1.54, 1.807) is 18.2 Å². The van der Waals surface area contributed by atoms with Crippen molar-refractivity contribution in [1.82, 2.24) is 4.98 Å². The molecule has 1 aromatic heterocycles. The van der Waals surface area contributed by atoms with Gasteiger partial charge in [0.1, 0.15) is 5.52 Å². The van der Waals surface area contributed by atoms with Gasteiger partial charge in [-0.2, -0.15) is 0 Å². The van der Waals surface area contributed by atoms with Gasteiger partial charge in [-0.25, -0.2) is 4.98 Å². The van der Waals surface area contributed by atoms with E-state index < -0.39 is 5.97 Å². The number of aryl methyl sites for hydroxylation is 1. The van der Waals surface area contributed by atoms with Gasteiger partial charge in [-0.05, 0) is 24.6 Å². The molecule has 0 aliphatic carbocycles. The summed E-state index contributed by atoms with van der Waals surface area (Å²) in [5.74, 6) is -0.252. The number of benzene rings is 1. The number of halogens is 1. The third-order valence-electron chi connectivity index (χ3n) is 2.18. The highest BCUT2D eigenvalue weighted by molar-refractivity contribution is 6.31. The van der Waals surface area contributed by atoms with Crippen molar-refractivity contribution in [3.8, 4) is 0 Å². The zero-order chi connectivity index (χ0) is 11.5. The molecule has 0 radical (unpaired) electrons. The van der Waals surface area contributed by atoms with Gasteiger partial charge in [0.2, 0.25) is 0 Å². The second kappa shape index (κ2) is 4.53. The molecule has 4 nitrogen and oxygen atoms in total. The summed E-state index contributed by atoms with van der Waals surface area (Å²) in [5, 5.41) is 9.11. The first-order chi connectivity index (χ1) is 7.65. The molecule has 0 bridgehead atoms. The van der Waals surface area contributed by atoms with Gasteiger partial charge >= 0.3 is 5.97 Å². The van der Waals surface area contributed by atoms with Crippen LogP contribution >= 0.6 is 11.6 Å². The van der Waals surface area contributed by atoms with Gasteiger partial charge in [0, 0.05) is 17.9 Å². The zero-order valence-corrected chi connectivity index (χ0v) is 9.20. The third kappa shape index (κ3) is 2.52. The number of fused-ring (bicyclic) bond motifs is 1. The Morgan fingerprint density at radius 2 is 2.31 bits per heavy atom. The molecule has 0 unspecified atom stereocenters. The molecule has 0 saturated carbocycles. The normalized spacial score (nSPS) is 10.8. The summed E-state index contributed by atoms with van der Waals surface area (Å²) in [6.45, 7) is 0. The van der Waals surface area contributed by atoms with Gasteiger partial charge in [0.05, 0.1) is 0 Å². The summed E-state index contributed by atoms with van der Waals surface area (Å²) in [7, 11) is 0. The third-order valence-corrected chi connectivity index (χ3v) is 2.41. The largest absolute Gasteiger partial charge is 0.481 e. The number of carbonyl (C=O) groups is 1. The second-order valence-corrected chi connectivity index (χ2v) is 3.90. The maximum atomic E-state index is 10.3. The number of hydrogen-bond donors (Lipinski definition) is 1. The highest BCUT2D eigenvalue weighted by Crippen LogP contribution is 2.20. The molecule has 0 spiro atoms. The van der Waals surface area contributed by atoms with E-state index in [0.29, 0.717) is 34.9 Å². The van der Waals surface area contributed by atoms with E-state index in [1.807, 2.05) is 0 Å². The van der Waals surface area contributed by atoms with Crippen LogP contribution in [0.3, 0.4) is 0 Å². The first-order valence-electron chi connectivity index (χ1n) is 4.92. The van der Waals surface area contributed by atoms with Crippen LogP contribution in [0.25, 0.3) is 11.1 Å². The van der Waals surface area contributed by atoms with Crippen molar-refractivity contribution < 1.29 is 14.3 Å². The second-order valence-electron chi connectivity index (χ2n) is 3.47. The molecule has 0 aliphatic rings. The fourth-order valence-electron chi connectivity index (χ4n) is 1.45. The van der Waals surface area contributed by atoms with E-state index in [2.05, 4.69) is 4.98 Å². The van der Waals surface area contributed by atoms with Crippen molar-refractivity contribution >= 4 is 28.7 Å². The summed E-state index contributed by atoms with van der Waals surface area (Å²) in [6.07, 6.45) is 1.17. The molecule has 84 valence electrons. The number of rotatable bonds is 4. The Bertz CT molecular complexity index is 521. The number of oxazole rings is 1. The van der Waals surface area contributed by atoms with Crippen LogP contribution in [-0.4, -0.2) is 16.1 Å². The van der Waals surface area contributed by atoms with Crippen LogP contribution in [0.1, 0.15) is 18.7 Å². The van der Waals surface area contributed by atoms with E-state index in [1.165, 1.54) is 0 Å². The van der Waals surface area contributed by atoms with Gasteiger partial charge in [0.25, 0.3) is 0 Å². The van der Waals surface area contributed by atoms with Crippen LogP contribution in [0.5, 0.6) is 0 Å². The van der Waals surface area contributed by atoms with Gasteiger partial charge in [-0.15, -0.1) is 0 Å². The lowest BCUT2D eigenvalue weighted by molar-refractivity contribution is -0.137. The van der Waals surface area contributed by atoms with Crippen molar-refractivity contribution in [3.05, 3.63) is 29.1 Å². The Morgan fingerprint density at radius 3 is 3.06 bits per heavy atom. The molecule has 1 aromatic carbocycles. The molecule has 0 saturated heterocycles. The van der Waals surface area contributed by atoms with Gasteiger partial charge in [-0.3, -0.25) is 4.79 Å². The van der Waals surface area contributed by atoms with Crippen LogP contribution in [0, 0.1) is 0 Å². The van der Waals surface area contributed by atoms with E-state index in [-0.39, 0.29) is 6.42 Å². The number of aliphatic carboxylic acids is 1. The Morgan fingerprint density at radius 1 is 1.50 bits per heavy atom. The average Bonchev–Trinajstić information content (AvgIpc) is 2.58. The molecule has 0 amide bonds. The topological polar surface area (TPSA) is 63.3 Å². The molecule has 0 aliphatic heterocycles. The maximum Gasteiger partial charge on any atom is 0.303 e. The van der Waals surface area contributed by atoms with Crippen molar-refractivity contribution in [3.63, 3.8) is 0 Å². The zero-order valence-electron chi connectivity index (χ0n) is 8.44. The average molecular weight is 240 g/mol. The predicted molar refractivity (Wildman–Crippen MR) is 59.6 cm³/mol. The number of hydrogen-bond acceptors (Lipinski definition) is 3. The smallest absolute Gasteiger partial charge is 0.303 e. The lowest BCUT2D eigenvalue weighted by Crippen LogP contribution is -1.95. The Kier molecular flexibility index (Phi) is 3.10. The molecule has 2 aromatic rings. The first kappa shape index (κ1) is 11.0. The molecule has 2 rings (SSSR count). The fraction of sp³-hybridized carbons (Fsp3) is 0.273. The van der Waals surface area contributed by atoms with Crippen LogP contribution in [0.2, 0.25) is 5.02 Å². The first-order valence-corrected chi connectivity index (χ1v) is 5.30. The monoisotopic (exact) mass is 239 g/mol. The minimum atomic E-state index is -0.806. The van der Waals surface area contributed by atoms with E-state index in [4.69, 9.17) is 21.1 Å². The van der Waals surface area contributed by atoms with Crippen molar-refractivity contribution in [1.29, 1.82) is 0 Å². The van der Waals surface area contributed by atoms with Gasteiger partial charge in [-0.1, -0.05) is 11.6 Å². The Labute approximate surface area is 96.8 Å². The fourth-order valence-corrected chi connectivity index (χ4v) is 1.61. The van der Waals surface area contributed by atoms with Crippen molar-refractivity contribution in [2.24, 2.45) is 0 Å². The highest BCUT2D eigenvalue weighted by Gasteiger charge is 2.06. The number of carboxylic acids is 1. The van der Waals surface area contributed by atoms with Crippen LogP contribution in [0.4, 0.5) is 0 Å². The van der Waals surface area contributed by atoms with Crippen molar-refractivity contribution in [2.75, 3.05) is 0 Å². The van der Waals surface area contributed by atoms with Gasteiger partial charge < -0.3 is 9.52 Å². The van der Waals surface area contributed by atoms with E-state index in [9.17, 15) is 4.79 Å². The number of carboxylic acid groups (broad SMARTS) is 1. The molecule has 5 heteroatoms. The van der Waals surface area contributed by atoms with Crippen LogP contribution in [0.15, 0.2) is 22.6 Å². The van der Waals surface area contributed by atoms with Crippen LogP contribution in [-0.2, 0) is 11.2 Å². The summed E-state index contributed by atoms with van der Waals surface area (Å²) in [5.41, 5.74) is 1.38. The quantitative estimate of drug-likeness (QED) is 0.891. The highest BCUT2D eigenvalue weighted by atomic mass is 35.5. The summed E-state index contributed by atoms with van der Waals surface area (Å²) < 4.78 is 5.44.